The molecule has 1 saturated heterocycles. The van der Waals surface area contributed by atoms with Crippen molar-refractivity contribution in [1.82, 2.24) is 29.9 Å². The van der Waals surface area contributed by atoms with Gasteiger partial charge in [-0.25, -0.2) is 23.4 Å². The minimum Gasteiger partial charge on any atom is -0.348 e. The molecule has 0 unspecified atom stereocenters. The number of carbonyl (C=O) groups is 1. The van der Waals surface area contributed by atoms with E-state index in [2.05, 4.69) is 25.3 Å². The molecule has 1 fully saturated rings. The number of fused-ring (bicyclic) bond motifs is 1. The molecule has 10 heteroatoms. The Bertz CT molecular complexity index is 1060. The third-order valence-corrected chi connectivity index (χ3v) is 4.77. The summed E-state index contributed by atoms with van der Waals surface area (Å²) in [5.41, 5.74) is 0.695. The molecule has 0 aliphatic carbocycles. The van der Waals surface area contributed by atoms with Gasteiger partial charge in [-0.05, 0) is 12.1 Å². The maximum atomic E-state index is 13.9. The van der Waals surface area contributed by atoms with Crippen molar-refractivity contribution in [3.63, 3.8) is 0 Å². The predicted molar refractivity (Wildman–Crippen MR) is 102 cm³/mol. The van der Waals surface area contributed by atoms with Crippen LogP contribution in [-0.4, -0.2) is 54.7 Å². The van der Waals surface area contributed by atoms with Gasteiger partial charge in [0, 0.05) is 36.3 Å². The van der Waals surface area contributed by atoms with E-state index in [1.807, 2.05) is 20.8 Å². The molecule has 3 aromatic heterocycles. The van der Waals surface area contributed by atoms with Crippen molar-refractivity contribution in [3.05, 3.63) is 35.9 Å². The number of hydrogen-bond acceptors (Lipinski definition) is 7. The first kappa shape index (κ1) is 19.3. The number of alkyl halides is 2. The molecule has 0 spiro atoms. The fraction of sp³-hybridized carbons (Fsp3) is 0.474. The van der Waals surface area contributed by atoms with Crippen molar-refractivity contribution in [2.75, 3.05) is 18.0 Å². The maximum Gasteiger partial charge on any atom is 0.266 e. The number of rotatable bonds is 4. The van der Waals surface area contributed by atoms with Crippen LogP contribution in [0.25, 0.3) is 11.2 Å². The predicted octanol–water partition coefficient (Wildman–Crippen LogP) is 2.64. The van der Waals surface area contributed by atoms with Gasteiger partial charge in [0.25, 0.3) is 5.92 Å². The quantitative estimate of drug-likeness (QED) is 0.621. The highest BCUT2D eigenvalue weighted by Gasteiger charge is 2.40. The molecule has 0 amide bonds. The van der Waals surface area contributed by atoms with Crippen molar-refractivity contribution in [1.29, 1.82) is 0 Å². The molecule has 0 atom stereocenters. The van der Waals surface area contributed by atoms with Crippen LogP contribution in [0.15, 0.2) is 24.5 Å². The van der Waals surface area contributed by atoms with Crippen LogP contribution in [0.2, 0.25) is 0 Å². The van der Waals surface area contributed by atoms with Crippen LogP contribution >= 0.6 is 0 Å². The number of carbonyl (C=O) groups excluding carboxylic acids is 1. The Morgan fingerprint density at radius 3 is 2.69 bits per heavy atom. The van der Waals surface area contributed by atoms with Gasteiger partial charge in [-0.3, -0.25) is 9.78 Å². The van der Waals surface area contributed by atoms with Gasteiger partial charge in [-0.2, -0.15) is 0 Å². The van der Waals surface area contributed by atoms with E-state index in [1.165, 1.54) is 15.8 Å². The molecule has 152 valence electrons. The van der Waals surface area contributed by atoms with Crippen molar-refractivity contribution in [3.8, 4) is 0 Å². The second-order valence-electron chi connectivity index (χ2n) is 8.23. The topological polar surface area (TPSA) is 89.7 Å². The lowest BCUT2D eigenvalue weighted by molar-refractivity contribution is 0.0256. The second kappa shape index (κ2) is 6.78. The molecule has 0 saturated carbocycles. The molecule has 8 nitrogen and oxygen atoms in total. The number of hydrogen-bond donors (Lipinski definition) is 0. The van der Waals surface area contributed by atoms with Gasteiger partial charge in [0.05, 0.1) is 6.54 Å². The van der Waals surface area contributed by atoms with E-state index in [9.17, 15) is 13.6 Å². The summed E-state index contributed by atoms with van der Waals surface area (Å²) in [5.74, 6) is -2.19. The molecular weight excluding hydrogens is 380 g/mol. The van der Waals surface area contributed by atoms with Crippen molar-refractivity contribution in [2.24, 2.45) is 0 Å². The number of halogens is 2. The molecule has 0 N–H and O–H groups in total. The fourth-order valence-corrected chi connectivity index (χ4v) is 3.21. The van der Waals surface area contributed by atoms with Gasteiger partial charge < -0.3 is 4.90 Å². The molecule has 0 bridgehead atoms. The summed E-state index contributed by atoms with van der Waals surface area (Å²) < 4.78 is 29.2. The third-order valence-electron chi connectivity index (χ3n) is 4.77. The highest BCUT2D eigenvalue weighted by molar-refractivity contribution is 5.96. The van der Waals surface area contributed by atoms with Crippen LogP contribution in [0.5, 0.6) is 0 Å². The molecule has 3 aromatic rings. The van der Waals surface area contributed by atoms with Crippen molar-refractivity contribution < 1.29 is 13.6 Å². The standard InChI is InChI=1S/C19H21F2N7O/c1-18(2,3)17-23-15-14(16(24-17)27-8-6-19(20,21)11-27)28(26-25-15)10-13(29)12-5-4-7-22-9-12/h4-5,7,9H,6,8,10-11H2,1-3H3. The lowest BCUT2D eigenvalue weighted by atomic mass is 9.96. The van der Waals surface area contributed by atoms with E-state index < -0.39 is 17.9 Å². The third kappa shape index (κ3) is 3.79. The highest BCUT2D eigenvalue weighted by Crippen LogP contribution is 2.34. The molecule has 0 aromatic carbocycles. The molecule has 1 aliphatic rings. The maximum absolute atomic E-state index is 13.9. The summed E-state index contributed by atoms with van der Waals surface area (Å²) in [5, 5.41) is 8.15. The molecule has 0 radical (unpaired) electrons. The zero-order valence-electron chi connectivity index (χ0n) is 16.4. The molecule has 4 rings (SSSR count). The number of pyridine rings is 1. The van der Waals surface area contributed by atoms with Gasteiger partial charge in [0.2, 0.25) is 5.65 Å². The summed E-state index contributed by atoms with van der Waals surface area (Å²) >= 11 is 0. The fourth-order valence-electron chi connectivity index (χ4n) is 3.21. The van der Waals surface area contributed by atoms with Crippen LogP contribution in [0.4, 0.5) is 14.6 Å². The van der Waals surface area contributed by atoms with Gasteiger partial charge >= 0.3 is 0 Å². The van der Waals surface area contributed by atoms with Gasteiger partial charge in [-0.15, -0.1) is 5.10 Å². The molecule has 29 heavy (non-hydrogen) atoms. The summed E-state index contributed by atoms with van der Waals surface area (Å²) in [6.45, 7) is 5.42. The van der Waals surface area contributed by atoms with Gasteiger partial charge in [0.1, 0.15) is 12.4 Å². The lowest BCUT2D eigenvalue weighted by Gasteiger charge is -2.22. The van der Waals surface area contributed by atoms with Crippen LogP contribution in [0.3, 0.4) is 0 Å². The van der Waals surface area contributed by atoms with Crippen LogP contribution in [0.1, 0.15) is 43.4 Å². The minimum atomic E-state index is -2.79. The Kier molecular flexibility index (Phi) is 4.51. The van der Waals surface area contributed by atoms with E-state index in [-0.39, 0.29) is 30.9 Å². The molecule has 1 aliphatic heterocycles. The van der Waals surface area contributed by atoms with E-state index in [0.29, 0.717) is 22.7 Å². The first-order chi connectivity index (χ1) is 13.6. The first-order valence-electron chi connectivity index (χ1n) is 9.32. The van der Waals surface area contributed by atoms with Crippen LogP contribution < -0.4 is 4.90 Å². The summed E-state index contributed by atoms with van der Waals surface area (Å²) in [7, 11) is 0. The van der Waals surface area contributed by atoms with E-state index in [4.69, 9.17) is 0 Å². The van der Waals surface area contributed by atoms with E-state index in [0.717, 1.165) is 0 Å². The zero-order valence-corrected chi connectivity index (χ0v) is 16.4. The first-order valence-corrected chi connectivity index (χ1v) is 9.32. The van der Waals surface area contributed by atoms with Gasteiger partial charge in [-0.1, -0.05) is 26.0 Å². The lowest BCUT2D eigenvalue weighted by Crippen LogP contribution is -2.28. The Hall–Kier alpha value is -3.04. The smallest absolute Gasteiger partial charge is 0.266 e. The average molecular weight is 401 g/mol. The van der Waals surface area contributed by atoms with Crippen molar-refractivity contribution in [2.45, 2.75) is 45.1 Å². The van der Waals surface area contributed by atoms with Crippen LogP contribution in [-0.2, 0) is 12.0 Å². The minimum absolute atomic E-state index is 0.113. The molecular formula is C19H21F2N7O. The summed E-state index contributed by atoms with van der Waals surface area (Å²) in [6, 6.07) is 3.33. The Morgan fingerprint density at radius 1 is 1.28 bits per heavy atom. The monoisotopic (exact) mass is 401 g/mol. The number of Topliss-reactive ketones (excluding diaryl/α,β-unsaturated/α-hetero) is 1. The zero-order chi connectivity index (χ0) is 20.8. The Morgan fingerprint density at radius 2 is 2.07 bits per heavy atom. The highest BCUT2D eigenvalue weighted by atomic mass is 19.3. The molecule has 4 heterocycles. The number of aromatic nitrogens is 6. The summed E-state index contributed by atoms with van der Waals surface area (Å²) in [6.07, 6.45) is 2.80. The van der Waals surface area contributed by atoms with E-state index in [1.54, 1.807) is 18.3 Å². The van der Waals surface area contributed by atoms with Crippen molar-refractivity contribution >= 4 is 22.8 Å². The van der Waals surface area contributed by atoms with Gasteiger partial charge in [0.15, 0.2) is 17.1 Å². The Balaban J connectivity index is 1.80. The SMILES string of the molecule is CC(C)(C)c1nc(N2CCC(F)(F)C2)c2c(nnn2CC(=O)c2cccnc2)n1. The van der Waals surface area contributed by atoms with Crippen LogP contribution in [0, 0.1) is 0 Å². The number of anilines is 1. The largest absolute Gasteiger partial charge is 0.348 e. The number of nitrogens with zero attached hydrogens (tertiary/aromatic N) is 7. The number of ketones is 1. The average Bonchev–Trinajstić information content (AvgIpc) is 3.24. The van der Waals surface area contributed by atoms with E-state index >= 15 is 0 Å². The second-order valence-corrected chi connectivity index (χ2v) is 8.23. The Labute approximate surface area is 166 Å². The normalized spacial score (nSPS) is 16.5. The summed E-state index contributed by atoms with van der Waals surface area (Å²) in [4.78, 5) is 27.1.